The van der Waals surface area contributed by atoms with Gasteiger partial charge in [-0.15, -0.1) is 6.58 Å². The molecule has 0 fully saturated rings. The fraction of sp³-hybridized carbons (Fsp3) is 0.476. The van der Waals surface area contributed by atoms with Gasteiger partial charge in [-0.05, 0) is 38.5 Å². The zero-order valence-corrected chi connectivity index (χ0v) is 17.2. The molecule has 7 heteroatoms. The van der Waals surface area contributed by atoms with Crippen LogP contribution >= 0.6 is 0 Å². The number of nitrogens with zero attached hydrogens (tertiary/aromatic N) is 1. The van der Waals surface area contributed by atoms with Gasteiger partial charge in [0, 0.05) is 32.4 Å². The summed E-state index contributed by atoms with van der Waals surface area (Å²) >= 11 is 0. The van der Waals surface area contributed by atoms with E-state index in [1.165, 1.54) is 20.8 Å². The van der Waals surface area contributed by atoms with Crippen LogP contribution in [0.1, 0.15) is 40.2 Å². The Morgan fingerprint density at radius 3 is 2.32 bits per heavy atom. The van der Waals surface area contributed by atoms with E-state index >= 15 is 0 Å². The third-order valence-electron chi connectivity index (χ3n) is 3.84. The average Bonchev–Trinajstić information content (AvgIpc) is 2.57. The van der Waals surface area contributed by atoms with Gasteiger partial charge in [-0.2, -0.15) is 0 Å². The van der Waals surface area contributed by atoms with Crippen LogP contribution in [0.3, 0.4) is 0 Å². The highest BCUT2D eigenvalue weighted by atomic mass is 16.6. The van der Waals surface area contributed by atoms with Crippen molar-refractivity contribution in [2.24, 2.45) is 0 Å². The van der Waals surface area contributed by atoms with Gasteiger partial charge in [0.1, 0.15) is 18.1 Å². The van der Waals surface area contributed by atoms with Gasteiger partial charge in [-0.1, -0.05) is 6.08 Å². The average molecular weight is 391 g/mol. The molecule has 0 aliphatic heterocycles. The molecule has 0 aromatic heterocycles. The first-order valence-electron chi connectivity index (χ1n) is 9.13. The molecule has 7 nitrogen and oxygen atoms in total. The molecule has 0 aliphatic carbocycles. The summed E-state index contributed by atoms with van der Waals surface area (Å²) in [5, 5.41) is 0. The van der Waals surface area contributed by atoms with Crippen LogP contribution in [0, 0.1) is 0 Å². The van der Waals surface area contributed by atoms with Gasteiger partial charge in [0.05, 0.1) is 6.54 Å². The maximum absolute atomic E-state index is 11.8. The number of carbonyl (C=O) groups is 3. The first kappa shape index (κ1) is 23.2. The lowest BCUT2D eigenvalue weighted by Crippen LogP contribution is -2.44. The number of amides is 1. The topological polar surface area (TPSA) is 82.1 Å². The molecule has 0 N–H and O–H groups in total. The molecule has 28 heavy (non-hydrogen) atoms. The second-order valence-corrected chi connectivity index (χ2v) is 6.66. The van der Waals surface area contributed by atoms with Gasteiger partial charge in [-0.25, -0.2) is 0 Å². The van der Waals surface area contributed by atoms with Crippen LogP contribution in [-0.2, 0) is 25.5 Å². The standard InChI is InChI=1S/C21H29NO6/c1-7-8-18-11-19(27-16(5)24)9-10-21(18)26-13-20(28-17(6)25)12-22(14(2)3)15(4)23/h7,9-11,14,20H,1,8,12-13H2,2-6H3. The van der Waals surface area contributed by atoms with Crippen molar-refractivity contribution in [3.05, 3.63) is 36.4 Å². The molecule has 154 valence electrons. The summed E-state index contributed by atoms with van der Waals surface area (Å²) in [4.78, 5) is 36.1. The summed E-state index contributed by atoms with van der Waals surface area (Å²) in [6.07, 6.45) is 1.60. The van der Waals surface area contributed by atoms with E-state index in [9.17, 15) is 14.4 Å². The van der Waals surface area contributed by atoms with E-state index in [0.29, 0.717) is 17.9 Å². The van der Waals surface area contributed by atoms with E-state index in [1.807, 2.05) is 13.8 Å². The smallest absolute Gasteiger partial charge is 0.308 e. The van der Waals surface area contributed by atoms with Crippen LogP contribution in [0.15, 0.2) is 30.9 Å². The number of ether oxygens (including phenoxy) is 3. The Hall–Kier alpha value is -2.83. The Balaban J connectivity index is 2.95. The second kappa shape index (κ2) is 11.1. The van der Waals surface area contributed by atoms with Gasteiger partial charge in [-0.3, -0.25) is 14.4 Å². The van der Waals surface area contributed by atoms with E-state index < -0.39 is 18.0 Å². The molecule has 1 aromatic rings. The van der Waals surface area contributed by atoms with Gasteiger partial charge in [0.2, 0.25) is 5.91 Å². The minimum Gasteiger partial charge on any atom is -0.489 e. The predicted octanol–water partition coefficient (Wildman–Crippen LogP) is 2.91. The molecule has 0 saturated carbocycles. The van der Waals surface area contributed by atoms with Gasteiger partial charge >= 0.3 is 11.9 Å². The van der Waals surface area contributed by atoms with Crippen molar-refractivity contribution in [3.8, 4) is 11.5 Å². The molecule has 1 atom stereocenters. The van der Waals surface area contributed by atoms with Crippen LogP contribution in [0.5, 0.6) is 11.5 Å². The van der Waals surface area contributed by atoms with Crippen molar-refractivity contribution < 1.29 is 28.6 Å². The van der Waals surface area contributed by atoms with Gasteiger partial charge in [0.25, 0.3) is 0 Å². The van der Waals surface area contributed by atoms with Crippen molar-refractivity contribution in [2.75, 3.05) is 13.2 Å². The minimum atomic E-state index is -0.617. The van der Waals surface area contributed by atoms with Crippen LogP contribution in [-0.4, -0.2) is 48.0 Å². The van der Waals surface area contributed by atoms with Crippen LogP contribution in [0.4, 0.5) is 0 Å². The molecule has 0 spiro atoms. The Labute approximate surface area is 166 Å². The fourth-order valence-electron chi connectivity index (χ4n) is 2.70. The third-order valence-corrected chi connectivity index (χ3v) is 3.84. The second-order valence-electron chi connectivity index (χ2n) is 6.66. The first-order valence-corrected chi connectivity index (χ1v) is 9.13. The summed E-state index contributed by atoms with van der Waals surface area (Å²) in [6, 6.07) is 4.98. The molecule has 1 aromatic carbocycles. The molecule has 1 rings (SSSR count). The van der Waals surface area contributed by atoms with E-state index in [2.05, 4.69) is 6.58 Å². The van der Waals surface area contributed by atoms with E-state index in [-0.39, 0.29) is 25.1 Å². The lowest BCUT2D eigenvalue weighted by atomic mass is 10.1. The van der Waals surface area contributed by atoms with E-state index in [0.717, 1.165) is 5.56 Å². The third kappa shape index (κ3) is 7.82. The largest absolute Gasteiger partial charge is 0.489 e. The SMILES string of the molecule is C=CCc1cc(OC(C)=O)ccc1OCC(CN(C(C)=O)C(C)C)OC(C)=O. The zero-order valence-electron chi connectivity index (χ0n) is 17.2. The monoisotopic (exact) mass is 391 g/mol. The molecule has 0 radical (unpaired) electrons. The molecule has 0 bridgehead atoms. The van der Waals surface area contributed by atoms with Crippen LogP contribution in [0.25, 0.3) is 0 Å². The molecule has 1 amide bonds. The molecular formula is C21H29NO6. The summed E-state index contributed by atoms with van der Waals surface area (Å²) in [7, 11) is 0. The Morgan fingerprint density at radius 2 is 1.82 bits per heavy atom. The highest BCUT2D eigenvalue weighted by Gasteiger charge is 2.22. The maximum Gasteiger partial charge on any atom is 0.308 e. The minimum absolute atomic E-state index is 0.0325. The number of rotatable bonds is 10. The maximum atomic E-state index is 11.8. The molecule has 0 saturated heterocycles. The Kier molecular flexibility index (Phi) is 9.21. The quantitative estimate of drug-likeness (QED) is 0.346. The van der Waals surface area contributed by atoms with Crippen LogP contribution < -0.4 is 9.47 Å². The molecular weight excluding hydrogens is 362 g/mol. The molecule has 0 heterocycles. The number of benzene rings is 1. The normalized spacial score (nSPS) is 11.5. The fourth-order valence-corrected chi connectivity index (χ4v) is 2.70. The Morgan fingerprint density at radius 1 is 1.14 bits per heavy atom. The first-order chi connectivity index (χ1) is 13.1. The number of esters is 2. The number of hydrogen-bond donors (Lipinski definition) is 0. The number of carbonyl (C=O) groups excluding carboxylic acids is 3. The predicted molar refractivity (Wildman–Crippen MR) is 105 cm³/mol. The highest BCUT2D eigenvalue weighted by Crippen LogP contribution is 2.25. The number of allylic oxidation sites excluding steroid dienone is 1. The van der Waals surface area contributed by atoms with E-state index in [1.54, 1.807) is 29.2 Å². The zero-order chi connectivity index (χ0) is 21.3. The van der Waals surface area contributed by atoms with Crippen molar-refractivity contribution in [3.63, 3.8) is 0 Å². The summed E-state index contributed by atoms with van der Waals surface area (Å²) < 4.78 is 16.3. The lowest BCUT2D eigenvalue weighted by Gasteiger charge is -2.29. The van der Waals surface area contributed by atoms with Crippen molar-refractivity contribution in [2.45, 2.75) is 53.2 Å². The van der Waals surface area contributed by atoms with Crippen molar-refractivity contribution in [1.82, 2.24) is 4.90 Å². The summed E-state index contributed by atoms with van der Waals surface area (Å²) in [5.74, 6) is 0.0106. The summed E-state index contributed by atoms with van der Waals surface area (Å²) in [6.45, 7) is 11.9. The molecule has 1 unspecified atom stereocenters. The lowest BCUT2D eigenvalue weighted by molar-refractivity contribution is -0.151. The van der Waals surface area contributed by atoms with Gasteiger partial charge in [0.15, 0.2) is 6.10 Å². The van der Waals surface area contributed by atoms with Gasteiger partial charge < -0.3 is 19.1 Å². The van der Waals surface area contributed by atoms with Crippen molar-refractivity contribution >= 4 is 17.8 Å². The van der Waals surface area contributed by atoms with Crippen LogP contribution in [0.2, 0.25) is 0 Å². The van der Waals surface area contributed by atoms with Crippen molar-refractivity contribution in [1.29, 1.82) is 0 Å². The molecule has 0 aliphatic rings. The Bertz CT molecular complexity index is 713. The summed E-state index contributed by atoms with van der Waals surface area (Å²) in [5.41, 5.74) is 0.780. The number of hydrogen-bond acceptors (Lipinski definition) is 6. The van der Waals surface area contributed by atoms with E-state index in [4.69, 9.17) is 14.2 Å². The highest BCUT2D eigenvalue weighted by molar-refractivity contribution is 5.73.